The molecule has 58 heavy (non-hydrogen) atoms. The third kappa shape index (κ3) is 15.6. The van der Waals surface area contributed by atoms with Crippen LogP contribution in [-0.4, -0.2) is 101 Å². The molecule has 0 fully saturated rings. The molecule has 0 radical (unpaired) electrons. The number of para-hydroxylation sites is 1. The maximum absolute atomic E-state index is 14.2. The lowest BCUT2D eigenvalue weighted by molar-refractivity contribution is -0.135. The molecule has 0 spiro atoms. The number of hydrogen-bond acceptors (Lipinski definition) is 9. The normalized spacial score (nSPS) is 13.6. The first kappa shape index (κ1) is 46.5. The number of aromatic nitrogens is 1. The summed E-state index contributed by atoms with van der Waals surface area (Å²) >= 11 is 1.43. The highest BCUT2D eigenvalue weighted by molar-refractivity contribution is 7.98. The summed E-state index contributed by atoms with van der Waals surface area (Å²) in [7, 11) is 0. The molecule has 0 unspecified atom stereocenters. The number of nitrogens with two attached hydrogens (primary N) is 2. The maximum atomic E-state index is 14.2. The third-order valence-corrected chi connectivity index (χ3v) is 9.69. The van der Waals surface area contributed by atoms with Gasteiger partial charge in [-0.05, 0) is 54.4 Å². The van der Waals surface area contributed by atoms with Crippen molar-refractivity contribution in [1.29, 1.82) is 0 Å². The molecule has 17 nitrogen and oxygen atoms in total. The number of rotatable bonds is 24. The Hall–Kier alpha value is -5.91. The van der Waals surface area contributed by atoms with Gasteiger partial charge in [-0.2, -0.15) is 11.8 Å². The predicted octanol–water partition coefficient (Wildman–Crippen LogP) is 0.0632. The highest BCUT2D eigenvalue weighted by atomic mass is 32.2. The highest BCUT2D eigenvalue weighted by Gasteiger charge is 2.33. The molecule has 18 heteroatoms. The Morgan fingerprint density at radius 1 is 0.655 bits per heavy atom. The summed E-state index contributed by atoms with van der Waals surface area (Å²) < 4.78 is 0. The molecule has 1 aromatic heterocycles. The number of fused-ring (bicyclic) bond motifs is 1. The summed E-state index contributed by atoms with van der Waals surface area (Å²) in [5.41, 5.74) is 12.8. The van der Waals surface area contributed by atoms with Crippen molar-refractivity contribution in [2.75, 3.05) is 18.6 Å². The van der Waals surface area contributed by atoms with Gasteiger partial charge in [0, 0.05) is 43.3 Å². The van der Waals surface area contributed by atoms with Crippen molar-refractivity contribution < 1.29 is 38.4 Å². The second kappa shape index (κ2) is 23.4. The van der Waals surface area contributed by atoms with Crippen molar-refractivity contribution in [2.45, 2.75) is 89.5 Å². The van der Waals surface area contributed by atoms with E-state index in [-0.39, 0.29) is 38.0 Å². The lowest BCUT2D eigenvalue weighted by Crippen LogP contribution is -2.60. The van der Waals surface area contributed by atoms with Crippen molar-refractivity contribution in [3.63, 3.8) is 0 Å². The standard InChI is InChI=1S/C40H55N9O8S/c1-23(2)18-31(45-24(3)50)39(56)47-30(16-17-58-4)38(55)46-29(14-15-34(41)51)37(54)49-33(20-26-21-43-28-13-9-8-12-27(26)28)40(57)48-32(36(53)44-22-35(42)52)19-25-10-6-5-7-11-25/h5-13,21,23,29-33,43H,14-20,22H2,1-4H3,(H2,41,51)(H2,42,52)(H,44,53)(H,45,50)(H,46,55)(H,47,56)(H,48,57)(H,49,54)/t29-,30-,31-,32-,33-/m0/s1. The zero-order valence-corrected chi connectivity index (χ0v) is 34.0. The van der Waals surface area contributed by atoms with Gasteiger partial charge in [0.05, 0.1) is 6.54 Å². The van der Waals surface area contributed by atoms with Crippen molar-refractivity contribution in [1.82, 2.24) is 36.9 Å². The number of carbonyl (C=O) groups excluding carboxylic acids is 8. The van der Waals surface area contributed by atoms with Crippen LogP contribution in [0, 0.1) is 5.92 Å². The fourth-order valence-corrected chi connectivity index (χ4v) is 6.66. The number of hydrogen-bond donors (Lipinski definition) is 9. The Morgan fingerprint density at radius 3 is 1.79 bits per heavy atom. The Morgan fingerprint density at radius 2 is 1.21 bits per heavy atom. The van der Waals surface area contributed by atoms with Crippen molar-refractivity contribution in [3.8, 4) is 0 Å². The Balaban J connectivity index is 1.95. The topological polar surface area (TPSA) is 277 Å². The summed E-state index contributed by atoms with van der Waals surface area (Å²) in [5.74, 6) is -5.05. The van der Waals surface area contributed by atoms with Gasteiger partial charge in [0.15, 0.2) is 0 Å². The summed E-state index contributed by atoms with van der Waals surface area (Å²) in [5, 5.41) is 16.6. The van der Waals surface area contributed by atoms with Crippen molar-refractivity contribution in [2.24, 2.45) is 17.4 Å². The Kier molecular flexibility index (Phi) is 18.7. The van der Waals surface area contributed by atoms with Crippen LogP contribution in [0.15, 0.2) is 60.8 Å². The molecular weight excluding hydrogens is 767 g/mol. The number of carbonyl (C=O) groups is 8. The number of amides is 8. The molecule has 5 atom stereocenters. The fraction of sp³-hybridized carbons (Fsp3) is 0.450. The molecule has 0 aliphatic rings. The molecule has 11 N–H and O–H groups in total. The van der Waals surface area contributed by atoms with Crippen molar-refractivity contribution >= 4 is 69.9 Å². The van der Waals surface area contributed by atoms with E-state index in [1.807, 2.05) is 44.4 Å². The zero-order valence-electron chi connectivity index (χ0n) is 33.2. The van der Waals surface area contributed by atoms with E-state index in [2.05, 4.69) is 36.9 Å². The molecule has 0 aliphatic carbocycles. The van der Waals surface area contributed by atoms with Crippen LogP contribution in [0.1, 0.15) is 57.6 Å². The molecule has 2 aromatic carbocycles. The van der Waals surface area contributed by atoms with Gasteiger partial charge in [0.25, 0.3) is 0 Å². The smallest absolute Gasteiger partial charge is 0.243 e. The van der Waals surface area contributed by atoms with E-state index >= 15 is 0 Å². The van der Waals surface area contributed by atoms with Crippen LogP contribution in [0.4, 0.5) is 0 Å². The molecule has 0 aliphatic heterocycles. The largest absolute Gasteiger partial charge is 0.370 e. The van der Waals surface area contributed by atoms with Crippen LogP contribution < -0.4 is 43.4 Å². The lowest BCUT2D eigenvalue weighted by Gasteiger charge is -2.27. The molecule has 314 valence electrons. The summed E-state index contributed by atoms with van der Waals surface area (Å²) in [6.45, 7) is 4.59. The summed E-state index contributed by atoms with van der Waals surface area (Å²) in [6, 6.07) is 10.2. The molecule has 1 heterocycles. The van der Waals surface area contributed by atoms with E-state index < -0.39 is 84.0 Å². The van der Waals surface area contributed by atoms with Gasteiger partial charge >= 0.3 is 0 Å². The van der Waals surface area contributed by atoms with Gasteiger partial charge in [-0.3, -0.25) is 38.4 Å². The first-order valence-electron chi connectivity index (χ1n) is 19.0. The highest BCUT2D eigenvalue weighted by Crippen LogP contribution is 2.20. The molecule has 0 saturated heterocycles. The monoisotopic (exact) mass is 821 g/mol. The zero-order chi connectivity index (χ0) is 42.8. The first-order valence-corrected chi connectivity index (χ1v) is 20.4. The van der Waals surface area contributed by atoms with Crippen LogP contribution >= 0.6 is 11.8 Å². The molecule has 0 saturated carbocycles. The minimum Gasteiger partial charge on any atom is -0.370 e. The van der Waals surface area contributed by atoms with E-state index in [1.165, 1.54) is 18.7 Å². The van der Waals surface area contributed by atoms with E-state index in [4.69, 9.17) is 11.5 Å². The van der Waals surface area contributed by atoms with E-state index in [9.17, 15) is 38.4 Å². The number of nitrogens with one attached hydrogen (secondary N) is 7. The van der Waals surface area contributed by atoms with Gasteiger partial charge < -0.3 is 48.4 Å². The van der Waals surface area contributed by atoms with Gasteiger partial charge in [-0.1, -0.05) is 62.4 Å². The van der Waals surface area contributed by atoms with E-state index in [0.717, 1.165) is 10.9 Å². The number of H-pyrrole nitrogens is 1. The molecule has 0 bridgehead atoms. The van der Waals surface area contributed by atoms with Crippen LogP contribution in [0.25, 0.3) is 10.9 Å². The third-order valence-electron chi connectivity index (χ3n) is 9.04. The second-order valence-corrected chi connectivity index (χ2v) is 15.3. The Labute approximate surface area is 341 Å². The summed E-state index contributed by atoms with van der Waals surface area (Å²) in [6.07, 6.45) is 3.41. The minimum absolute atomic E-state index is 0.0331. The van der Waals surface area contributed by atoms with Gasteiger partial charge in [0.1, 0.15) is 30.2 Å². The van der Waals surface area contributed by atoms with Gasteiger partial charge in [-0.25, -0.2) is 0 Å². The number of aromatic amines is 1. The van der Waals surface area contributed by atoms with E-state index in [1.54, 1.807) is 36.5 Å². The van der Waals surface area contributed by atoms with Gasteiger partial charge in [-0.15, -0.1) is 0 Å². The average molecular weight is 822 g/mol. The van der Waals surface area contributed by atoms with Gasteiger partial charge in [0.2, 0.25) is 47.3 Å². The molecule has 3 aromatic rings. The number of thioether (sulfide) groups is 1. The second-order valence-electron chi connectivity index (χ2n) is 14.4. The molecular formula is C40H55N9O8S. The van der Waals surface area contributed by atoms with E-state index in [0.29, 0.717) is 23.3 Å². The Bertz CT molecular complexity index is 1900. The summed E-state index contributed by atoms with van der Waals surface area (Å²) in [4.78, 5) is 107. The van der Waals surface area contributed by atoms with Crippen LogP contribution in [0.2, 0.25) is 0 Å². The van der Waals surface area contributed by atoms with Crippen LogP contribution in [0.5, 0.6) is 0 Å². The van der Waals surface area contributed by atoms with Crippen LogP contribution in [0.3, 0.4) is 0 Å². The SMILES string of the molecule is CSCC[C@H](NC(=O)[C@H](CC(C)C)NC(C)=O)C(=O)N[C@@H](CCC(N)=O)C(=O)N[C@@H](Cc1c[nH]c2ccccc12)C(=O)N[C@@H](Cc1ccccc1)C(=O)NCC(N)=O. The lowest BCUT2D eigenvalue weighted by atomic mass is 10.0. The first-order chi connectivity index (χ1) is 27.6. The maximum Gasteiger partial charge on any atom is 0.243 e. The molecule has 3 rings (SSSR count). The van der Waals surface area contributed by atoms with Crippen LogP contribution in [-0.2, 0) is 51.2 Å². The average Bonchev–Trinajstić information content (AvgIpc) is 3.58. The number of benzene rings is 2. The minimum atomic E-state index is -1.40. The quantitative estimate of drug-likeness (QED) is 0.0590. The predicted molar refractivity (Wildman–Crippen MR) is 221 cm³/mol. The van der Waals surface area contributed by atoms with Crippen molar-refractivity contribution in [3.05, 3.63) is 71.9 Å². The number of primary amides is 2. The fourth-order valence-electron chi connectivity index (χ4n) is 6.18. The molecule has 8 amide bonds.